The molecule has 2 heterocycles. The van der Waals surface area contributed by atoms with E-state index in [-0.39, 0.29) is 53.5 Å². The molecule has 1 aromatic heterocycles. The summed E-state index contributed by atoms with van der Waals surface area (Å²) in [6.45, 7) is 1.68. The number of primary amides is 1. The van der Waals surface area contributed by atoms with Gasteiger partial charge < -0.3 is 20.9 Å². The first kappa shape index (κ1) is 28.7. The normalized spacial score (nSPS) is 15.6. The van der Waals surface area contributed by atoms with Crippen LogP contribution in [0.4, 0.5) is 11.5 Å². The molecule has 2 aromatic carbocycles. The van der Waals surface area contributed by atoms with Crippen LogP contribution >= 0.6 is 12.4 Å². The van der Waals surface area contributed by atoms with E-state index >= 15 is 0 Å². The molecule has 1 aliphatic rings. The predicted molar refractivity (Wildman–Crippen MR) is 147 cm³/mol. The molecule has 6 N–H and O–H groups in total. The monoisotopic (exact) mass is 563 g/mol. The van der Waals surface area contributed by atoms with Gasteiger partial charge in [-0.3, -0.25) is 25.0 Å². The number of carbonyl (C=O) groups is 1. The van der Waals surface area contributed by atoms with Crippen molar-refractivity contribution in [2.75, 3.05) is 17.8 Å². The van der Waals surface area contributed by atoms with Crippen molar-refractivity contribution in [2.24, 2.45) is 17.4 Å². The first-order chi connectivity index (χ1) is 17.6. The highest BCUT2D eigenvalue weighted by Gasteiger charge is 2.27. The number of nitrogens with two attached hydrogens (primary N) is 2. The summed E-state index contributed by atoms with van der Waals surface area (Å²) in [5, 5.41) is 19.8. The van der Waals surface area contributed by atoms with Crippen LogP contribution in [0.25, 0.3) is 10.9 Å². The number of para-hydroxylation sites is 1. The van der Waals surface area contributed by atoms with Gasteiger partial charge >= 0.3 is 0 Å². The number of benzene rings is 2. The summed E-state index contributed by atoms with van der Waals surface area (Å²) in [5.74, 6) is -0.156. The fourth-order valence-corrected chi connectivity index (χ4v) is 5.96. The van der Waals surface area contributed by atoms with Crippen molar-refractivity contribution in [2.45, 2.75) is 37.1 Å². The summed E-state index contributed by atoms with van der Waals surface area (Å²) in [6, 6.07) is 12.2. The molecule has 0 bridgehead atoms. The number of nitrogens with zero attached hydrogens (tertiary/aromatic N) is 3. The summed E-state index contributed by atoms with van der Waals surface area (Å²) in [6.07, 6.45) is 1.93. The SMILES string of the molecule is Cl.N=C(N)N1CCC[C@@H](Cn2c(NS(=O)(=O)c3cccc([N+](=O)[O-])c3)c(CCC(N)=O)c3ccccc32)C1. The third-order valence-electron chi connectivity index (χ3n) is 6.57. The summed E-state index contributed by atoms with van der Waals surface area (Å²) >= 11 is 0. The Morgan fingerprint density at radius 1 is 1.18 bits per heavy atom. The lowest BCUT2D eigenvalue weighted by atomic mass is 9.98. The van der Waals surface area contributed by atoms with Gasteiger partial charge in [0.05, 0.1) is 9.82 Å². The molecule has 4 rings (SSSR count). The van der Waals surface area contributed by atoms with Crippen molar-refractivity contribution in [3.63, 3.8) is 0 Å². The highest BCUT2D eigenvalue weighted by atomic mass is 35.5. The maximum absolute atomic E-state index is 13.4. The third-order valence-corrected chi connectivity index (χ3v) is 7.90. The highest BCUT2D eigenvalue weighted by molar-refractivity contribution is 7.92. The number of rotatable bonds is 9. The first-order valence-electron chi connectivity index (χ1n) is 11.8. The zero-order chi connectivity index (χ0) is 26.7. The fourth-order valence-electron chi connectivity index (χ4n) is 4.82. The molecular formula is C24H30ClN7O5S. The lowest BCUT2D eigenvalue weighted by Gasteiger charge is -2.33. The summed E-state index contributed by atoms with van der Waals surface area (Å²) in [7, 11) is -4.22. The Bertz CT molecular complexity index is 1470. The van der Waals surface area contributed by atoms with Crippen LogP contribution in [0.15, 0.2) is 53.4 Å². The smallest absolute Gasteiger partial charge is 0.270 e. The highest BCUT2D eigenvalue weighted by Crippen LogP contribution is 2.35. The standard InChI is InChI=1S/C24H29N7O5S.ClH/c25-22(32)11-10-20-19-8-1-2-9-21(19)30(15-16-5-4-12-29(14-16)24(26)27)23(20)28-37(35,36)18-7-3-6-17(13-18)31(33)34;/h1-3,6-9,13,16,28H,4-5,10-12,14-15H2,(H2,25,32)(H3,26,27);1H/t16-;/m1./s1. The Kier molecular flexibility index (Phi) is 8.84. The van der Waals surface area contributed by atoms with E-state index < -0.39 is 20.9 Å². The first-order valence-corrected chi connectivity index (χ1v) is 13.3. The number of nitrogens with one attached hydrogen (secondary N) is 2. The second kappa shape index (κ2) is 11.7. The number of sulfonamides is 1. The van der Waals surface area contributed by atoms with Crippen LogP contribution in [0.1, 0.15) is 24.8 Å². The Morgan fingerprint density at radius 3 is 2.61 bits per heavy atom. The minimum Gasteiger partial charge on any atom is -0.370 e. The minimum atomic E-state index is -4.22. The van der Waals surface area contributed by atoms with Gasteiger partial charge in [0.25, 0.3) is 15.7 Å². The number of nitro benzene ring substituents is 1. The summed E-state index contributed by atoms with van der Waals surface area (Å²) in [4.78, 5) is 23.7. The van der Waals surface area contributed by atoms with Gasteiger partial charge in [0.2, 0.25) is 5.91 Å². The quantitative estimate of drug-likeness (QED) is 0.133. The maximum Gasteiger partial charge on any atom is 0.270 e. The van der Waals surface area contributed by atoms with E-state index in [4.69, 9.17) is 16.9 Å². The Morgan fingerprint density at radius 2 is 1.92 bits per heavy atom. The lowest BCUT2D eigenvalue weighted by Crippen LogP contribution is -2.44. The maximum atomic E-state index is 13.4. The number of aryl methyl sites for hydroxylation is 1. The number of piperidine rings is 1. The molecule has 1 atom stereocenters. The Balaban J connectivity index is 0.00000400. The second-order valence-corrected chi connectivity index (χ2v) is 10.8. The van der Waals surface area contributed by atoms with E-state index in [2.05, 4.69) is 4.72 Å². The molecule has 1 aliphatic heterocycles. The molecule has 14 heteroatoms. The van der Waals surface area contributed by atoms with Gasteiger partial charge in [-0.25, -0.2) is 8.42 Å². The van der Waals surface area contributed by atoms with Crippen LogP contribution in [0.3, 0.4) is 0 Å². The molecule has 0 unspecified atom stereocenters. The molecule has 1 saturated heterocycles. The van der Waals surface area contributed by atoms with Crippen LogP contribution < -0.4 is 16.2 Å². The van der Waals surface area contributed by atoms with Crippen molar-refractivity contribution in [1.82, 2.24) is 9.47 Å². The van der Waals surface area contributed by atoms with Gasteiger partial charge in [-0.15, -0.1) is 12.4 Å². The van der Waals surface area contributed by atoms with Crippen molar-refractivity contribution in [3.8, 4) is 0 Å². The third kappa shape index (κ3) is 6.17. The van der Waals surface area contributed by atoms with Gasteiger partial charge in [-0.1, -0.05) is 24.3 Å². The number of amides is 1. The number of non-ortho nitro benzene ring substituents is 1. The number of guanidine groups is 1. The van der Waals surface area contributed by atoms with E-state index in [0.29, 0.717) is 25.2 Å². The molecule has 204 valence electrons. The molecule has 1 fully saturated rings. The van der Waals surface area contributed by atoms with Crippen molar-refractivity contribution in [3.05, 3.63) is 64.2 Å². The van der Waals surface area contributed by atoms with Crippen LogP contribution in [0, 0.1) is 21.4 Å². The van der Waals surface area contributed by atoms with Crippen molar-refractivity contribution >= 4 is 56.7 Å². The van der Waals surface area contributed by atoms with Gasteiger partial charge in [-0.05, 0) is 37.3 Å². The van der Waals surface area contributed by atoms with Crippen LogP contribution in [-0.4, -0.2) is 47.8 Å². The number of hydrogen-bond acceptors (Lipinski definition) is 6. The number of hydrogen-bond donors (Lipinski definition) is 4. The number of carbonyl (C=O) groups excluding carboxylic acids is 1. The Hall–Kier alpha value is -3.84. The van der Waals surface area contributed by atoms with Crippen LogP contribution in [0.5, 0.6) is 0 Å². The predicted octanol–water partition coefficient (Wildman–Crippen LogP) is 2.80. The number of likely N-dealkylation sites (tertiary alicyclic amines) is 1. The average Bonchev–Trinajstić information content (AvgIpc) is 3.14. The van der Waals surface area contributed by atoms with Crippen LogP contribution in [-0.2, 0) is 27.8 Å². The molecule has 3 aromatic rings. The second-order valence-electron chi connectivity index (χ2n) is 9.12. The zero-order valence-corrected chi connectivity index (χ0v) is 22.1. The van der Waals surface area contributed by atoms with Crippen molar-refractivity contribution < 1.29 is 18.1 Å². The summed E-state index contributed by atoms with van der Waals surface area (Å²) < 4.78 is 31.4. The Labute approximate surface area is 226 Å². The number of aromatic nitrogens is 1. The van der Waals surface area contributed by atoms with E-state index in [0.717, 1.165) is 29.8 Å². The molecule has 38 heavy (non-hydrogen) atoms. The topological polar surface area (TPSA) is 190 Å². The number of nitro groups is 1. The minimum absolute atomic E-state index is 0. The lowest BCUT2D eigenvalue weighted by molar-refractivity contribution is -0.385. The zero-order valence-electron chi connectivity index (χ0n) is 20.5. The number of anilines is 1. The fraction of sp³-hybridized carbons (Fsp3) is 0.333. The van der Waals surface area contributed by atoms with Gasteiger partial charge in [-0.2, -0.15) is 0 Å². The largest absolute Gasteiger partial charge is 0.370 e. The average molecular weight is 564 g/mol. The number of fused-ring (bicyclic) bond motifs is 1. The van der Waals surface area contributed by atoms with E-state index in [1.165, 1.54) is 18.2 Å². The molecular weight excluding hydrogens is 534 g/mol. The molecule has 0 spiro atoms. The number of halogens is 1. The van der Waals surface area contributed by atoms with Gasteiger partial charge in [0.1, 0.15) is 5.82 Å². The van der Waals surface area contributed by atoms with Gasteiger partial charge in [0.15, 0.2) is 5.96 Å². The molecule has 0 aliphatic carbocycles. The van der Waals surface area contributed by atoms with E-state index in [9.17, 15) is 23.3 Å². The van der Waals surface area contributed by atoms with Gasteiger partial charge in [0, 0.05) is 54.7 Å². The molecule has 0 saturated carbocycles. The van der Waals surface area contributed by atoms with E-state index in [1.807, 2.05) is 28.8 Å². The molecule has 12 nitrogen and oxygen atoms in total. The van der Waals surface area contributed by atoms with Crippen molar-refractivity contribution in [1.29, 1.82) is 5.41 Å². The van der Waals surface area contributed by atoms with Crippen LogP contribution in [0.2, 0.25) is 0 Å². The molecule has 1 amide bonds. The molecule has 0 radical (unpaired) electrons. The van der Waals surface area contributed by atoms with E-state index in [1.54, 1.807) is 4.90 Å². The summed E-state index contributed by atoms with van der Waals surface area (Å²) in [5.41, 5.74) is 12.2.